The molecule has 0 aliphatic carbocycles. The van der Waals surface area contributed by atoms with Crippen LogP contribution in [0.2, 0.25) is 0 Å². The third-order valence-electron chi connectivity index (χ3n) is 11.8. The molecule has 55 heavy (non-hydrogen) atoms. The molecule has 1 atom stereocenters. The third kappa shape index (κ3) is 45.4. The van der Waals surface area contributed by atoms with Crippen LogP contribution in [0.1, 0.15) is 290 Å². The minimum Gasteiger partial charge on any atom is -0.394 e. The number of allylic oxidation sites excluding steroid dienone is 2. The predicted octanol–water partition coefficient (Wildman–Crippen LogP) is 16.4. The van der Waals surface area contributed by atoms with Crippen molar-refractivity contribution >= 4 is 11.7 Å². The molecule has 0 aromatic carbocycles. The second kappa shape index (κ2) is 47.2. The highest BCUT2D eigenvalue weighted by molar-refractivity contribution is 5.78. The summed E-state index contributed by atoms with van der Waals surface area (Å²) in [4.78, 5) is 24.6. The van der Waals surface area contributed by atoms with Gasteiger partial charge in [-0.05, 0) is 51.4 Å². The molecule has 0 fully saturated rings. The average Bonchev–Trinajstić information content (AvgIpc) is 3.19. The van der Waals surface area contributed by atoms with Gasteiger partial charge in [-0.15, -0.1) is 0 Å². The second-order valence-corrected chi connectivity index (χ2v) is 17.4. The van der Waals surface area contributed by atoms with Gasteiger partial charge in [0.25, 0.3) is 0 Å². The standard InChI is InChI=1S/C51H99NO3/c1-3-5-7-9-11-13-15-17-19-21-25-29-33-37-41-45-50(54)46-42-38-34-30-26-22-23-27-31-35-39-43-47-51(55)52-49(48-53)44-40-36-32-28-24-20-18-16-14-12-10-8-6-4-2/h17,19,49,53H,3-16,18,20-48H2,1-2H3,(H,52,55). The van der Waals surface area contributed by atoms with Gasteiger partial charge in [0.05, 0.1) is 12.6 Å². The Bertz CT molecular complexity index is 795. The first-order chi connectivity index (χ1) is 27.1. The number of nitrogens with one attached hydrogen (secondary N) is 1. The molecule has 0 aliphatic rings. The van der Waals surface area contributed by atoms with Crippen molar-refractivity contribution in [2.24, 2.45) is 0 Å². The maximum Gasteiger partial charge on any atom is 0.220 e. The topological polar surface area (TPSA) is 66.4 Å². The van der Waals surface area contributed by atoms with E-state index >= 15 is 0 Å². The lowest BCUT2D eigenvalue weighted by Crippen LogP contribution is -2.37. The number of rotatable bonds is 47. The Morgan fingerprint density at radius 2 is 0.691 bits per heavy atom. The van der Waals surface area contributed by atoms with E-state index in [9.17, 15) is 14.7 Å². The molecule has 0 aromatic rings. The molecule has 326 valence electrons. The summed E-state index contributed by atoms with van der Waals surface area (Å²) < 4.78 is 0. The molecule has 0 saturated carbocycles. The summed E-state index contributed by atoms with van der Waals surface area (Å²) in [5.41, 5.74) is 0. The minimum atomic E-state index is -0.0701. The maximum atomic E-state index is 12.4. The lowest BCUT2D eigenvalue weighted by Gasteiger charge is -2.16. The monoisotopic (exact) mass is 774 g/mol. The van der Waals surface area contributed by atoms with E-state index in [-0.39, 0.29) is 18.6 Å². The van der Waals surface area contributed by atoms with Gasteiger partial charge in [0, 0.05) is 19.3 Å². The molecule has 0 saturated heterocycles. The summed E-state index contributed by atoms with van der Waals surface area (Å²) in [6.07, 6.45) is 58.5. The van der Waals surface area contributed by atoms with Crippen molar-refractivity contribution in [1.82, 2.24) is 5.32 Å². The number of carbonyl (C=O) groups excluding carboxylic acids is 2. The van der Waals surface area contributed by atoms with Crippen LogP contribution in [0.15, 0.2) is 12.2 Å². The summed E-state index contributed by atoms with van der Waals surface area (Å²) in [6, 6.07) is -0.0701. The number of amides is 1. The van der Waals surface area contributed by atoms with Gasteiger partial charge in [-0.25, -0.2) is 0 Å². The number of ketones is 1. The summed E-state index contributed by atoms with van der Waals surface area (Å²) in [7, 11) is 0. The van der Waals surface area contributed by atoms with Gasteiger partial charge in [0.15, 0.2) is 0 Å². The number of aliphatic hydroxyl groups is 1. The molecule has 0 spiro atoms. The Labute approximate surface area is 345 Å². The minimum absolute atomic E-state index is 0.0577. The number of hydrogen-bond donors (Lipinski definition) is 2. The molecule has 4 heteroatoms. The lowest BCUT2D eigenvalue weighted by atomic mass is 10.0. The number of aliphatic hydroxyl groups excluding tert-OH is 1. The van der Waals surface area contributed by atoms with Gasteiger partial charge in [0.2, 0.25) is 5.91 Å². The Balaban J connectivity index is 3.39. The van der Waals surface area contributed by atoms with E-state index in [1.54, 1.807) is 0 Å². The predicted molar refractivity (Wildman–Crippen MR) is 243 cm³/mol. The van der Waals surface area contributed by atoms with Crippen molar-refractivity contribution in [3.63, 3.8) is 0 Å². The Hall–Kier alpha value is -1.16. The van der Waals surface area contributed by atoms with E-state index in [0.29, 0.717) is 12.2 Å². The first-order valence-corrected chi connectivity index (χ1v) is 25.2. The number of Topliss-reactive ketones (excluding diaryl/α,β-unsaturated/α-hetero) is 1. The number of hydrogen-bond acceptors (Lipinski definition) is 3. The van der Waals surface area contributed by atoms with Crippen molar-refractivity contribution < 1.29 is 14.7 Å². The van der Waals surface area contributed by atoms with Crippen LogP contribution in [-0.2, 0) is 9.59 Å². The highest BCUT2D eigenvalue weighted by Gasteiger charge is 2.11. The lowest BCUT2D eigenvalue weighted by molar-refractivity contribution is -0.122. The average molecular weight is 774 g/mol. The highest BCUT2D eigenvalue weighted by Crippen LogP contribution is 2.16. The van der Waals surface area contributed by atoms with Crippen LogP contribution < -0.4 is 5.32 Å². The fraction of sp³-hybridized carbons (Fsp3) is 0.922. The maximum absolute atomic E-state index is 12.4. The number of unbranched alkanes of at least 4 members (excludes halogenated alkanes) is 35. The molecule has 0 aliphatic heterocycles. The van der Waals surface area contributed by atoms with Crippen molar-refractivity contribution in [2.45, 2.75) is 296 Å². The van der Waals surface area contributed by atoms with E-state index in [1.807, 2.05) is 0 Å². The molecule has 0 rings (SSSR count). The zero-order chi connectivity index (χ0) is 40.0. The quantitative estimate of drug-likeness (QED) is 0.0478. The van der Waals surface area contributed by atoms with Crippen molar-refractivity contribution in [3.8, 4) is 0 Å². The largest absolute Gasteiger partial charge is 0.394 e. The second-order valence-electron chi connectivity index (χ2n) is 17.4. The SMILES string of the molecule is CCCCCCCCC=CCCCCCCCC(=O)CCCCCCCCCCCCCCC(=O)NC(CO)CCCCCCCCCCCCCCCC. The van der Waals surface area contributed by atoms with Crippen LogP contribution >= 0.6 is 0 Å². The van der Waals surface area contributed by atoms with Crippen molar-refractivity contribution in [3.05, 3.63) is 12.2 Å². The first kappa shape index (κ1) is 53.8. The zero-order valence-electron chi connectivity index (χ0n) is 37.6. The third-order valence-corrected chi connectivity index (χ3v) is 11.8. The van der Waals surface area contributed by atoms with Crippen LogP contribution in [0.25, 0.3) is 0 Å². The zero-order valence-corrected chi connectivity index (χ0v) is 37.6. The van der Waals surface area contributed by atoms with E-state index in [1.165, 1.54) is 218 Å². The fourth-order valence-corrected chi connectivity index (χ4v) is 7.99. The summed E-state index contributed by atoms with van der Waals surface area (Å²) in [5, 5.41) is 12.8. The normalized spacial score (nSPS) is 12.2. The molecule has 0 radical (unpaired) electrons. The number of carbonyl (C=O) groups is 2. The van der Waals surface area contributed by atoms with E-state index in [2.05, 4.69) is 31.3 Å². The fourth-order valence-electron chi connectivity index (χ4n) is 7.99. The van der Waals surface area contributed by atoms with Gasteiger partial charge in [-0.3, -0.25) is 9.59 Å². The molecule has 4 nitrogen and oxygen atoms in total. The molecule has 0 heterocycles. The summed E-state index contributed by atoms with van der Waals surface area (Å²) in [6.45, 7) is 4.62. The van der Waals surface area contributed by atoms with E-state index in [0.717, 1.165) is 51.4 Å². The van der Waals surface area contributed by atoms with Crippen LogP contribution in [0.4, 0.5) is 0 Å². The molecule has 0 aromatic heterocycles. The Kier molecular flexibility index (Phi) is 46.2. The Morgan fingerprint density at radius 3 is 1.04 bits per heavy atom. The first-order valence-electron chi connectivity index (χ1n) is 25.2. The van der Waals surface area contributed by atoms with Gasteiger partial charge in [-0.2, -0.15) is 0 Å². The van der Waals surface area contributed by atoms with E-state index in [4.69, 9.17) is 0 Å². The highest BCUT2D eigenvalue weighted by atomic mass is 16.3. The van der Waals surface area contributed by atoms with Gasteiger partial charge in [0.1, 0.15) is 5.78 Å². The molecule has 1 unspecified atom stereocenters. The van der Waals surface area contributed by atoms with Crippen LogP contribution in [-0.4, -0.2) is 29.4 Å². The molecule has 2 N–H and O–H groups in total. The molecular weight excluding hydrogens is 675 g/mol. The molecule has 1 amide bonds. The van der Waals surface area contributed by atoms with Crippen LogP contribution in [0.3, 0.4) is 0 Å². The van der Waals surface area contributed by atoms with Crippen molar-refractivity contribution in [2.75, 3.05) is 6.61 Å². The molecular formula is C51H99NO3. The Morgan fingerprint density at radius 1 is 0.400 bits per heavy atom. The summed E-state index contributed by atoms with van der Waals surface area (Å²) >= 11 is 0. The smallest absolute Gasteiger partial charge is 0.220 e. The van der Waals surface area contributed by atoms with Gasteiger partial charge in [-0.1, -0.05) is 231 Å². The summed E-state index contributed by atoms with van der Waals surface area (Å²) in [5.74, 6) is 0.607. The van der Waals surface area contributed by atoms with Crippen molar-refractivity contribution in [1.29, 1.82) is 0 Å². The van der Waals surface area contributed by atoms with Crippen LogP contribution in [0.5, 0.6) is 0 Å². The van der Waals surface area contributed by atoms with Crippen LogP contribution in [0, 0.1) is 0 Å². The van der Waals surface area contributed by atoms with Gasteiger partial charge < -0.3 is 10.4 Å². The molecule has 0 bridgehead atoms. The van der Waals surface area contributed by atoms with E-state index < -0.39 is 0 Å². The van der Waals surface area contributed by atoms with Gasteiger partial charge >= 0.3 is 0 Å².